The van der Waals surface area contributed by atoms with Crippen LogP contribution in [-0.2, 0) is 6.54 Å². The van der Waals surface area contributed by atoms with Gasteiger partial charge in [0.1, 0.15) is 5.75 Å². The molecule has 0 bridgehead atoms. The lowest BCUT2D eigenvalue weighted by molar-refractivity contribution is 0.277. The quantitative estimate of drug-likeness (QED) is 0.851. The molecule has 1 atom stereocenters. The number of hydrogen-bond acceptors (Lipinski definition) is 3. The van der Waals surface area contributed by atoms with E-state index in [1.54, 1.807) is 7.11 Å². The van der Waals surface area contributed by atoms with E-state index in [-0.39, 0.29) is 12.6 Å². The zero-order chi connectivity index (χ0) is 13.1. The lowest BCUT2D eigenvalue weighted by Gasteiger charge is -2.08. The standard InChI is InChI=1S/C14H20N2O2/c1-3-16-9-12(13(15)6-7-17)11-8-10(18-2)4-5-14(11)16/h4-5,8-9,13,17H,3,6-7,15H2,1-2H3/t13-/m1/s1. The van der Waals surface area contributed by atoms with Crippen molar-refractivity contribution in [1.82, 2.24) is 4.57 Å². The highest BCUT2D eigenvalue weighted by atomic mass is 16.5. The minimum absolute atomic E-state index is 0.101. The van der Waals surface area contributed by atoms with Crippen molar-refractivity contribution < 1.29 is 9.84 Å². The highest BCUT2D eigenvalue weighted by Crippen LogP contribution is 2.30. The van der Waals surface area contributed by atoms with Crippen molar-refractivity contribution in [3.05, 3.63) is 30.0 Å². The first-order chi connectivity index (χ1) is 8.71. The molecule has 0 aliphatic heterocycles. The molecule has 1 aromatic carbocycles. The minimum atomic E-state index is -0.141. The molecule has 1 aromatic heterocycles. The highest BCUT2D eigenvalue weighted by molar-refractivity contribution is 5.86. The Kier molecular flexibility index (Phi) is 3.89. The smallest absolute Gasteiger partial charge is 0.119 e. The van der Waals surface area contributed by atoms with E-state index in [0.29, 0.717) is 6.42 Å². The van der Waals surface area contributed by atoms with E-state index in [0.717, 1.165) is 28.8 Å². The van der Waals surface area contributed by atoms with Crippen LogP contribution in [0.1, 0.15) is 24.9 Å². The average molecular weight is 248 g/mol. The number of nitrogens with zero attached hydrogens (tertiary/aromatic N) is 1. The van der Waals surface area contributed by atoms with Crippen LogP contribution in [0.3, 0.4) is 0 Å². The number of aromatic nitrogens is 1. The van der Waals surface area contributed by atoms with Gasteiger partial charge >= 0.3 is 0 Å². The van der Waals surface area contributed by atoms with Crippen molar-refractivity contribution in [3.63, 3.8) is 0 Å². The van der Waals surface area contributed by atoms with E-state index in [2.05, 4.69) is 17.7 Å². The molecule has 0 amide bonds. The predicted octanol–water partition coefficient (Wildman–Crippen LogP) is 2.05. The fraction of sp³-hybridized carbons (Fsp3) is 0.429. The third-order valence-corrected chi connectivity index (χ3v) is 3.30. The summed E-state index contributed by atoms with van der Waals surface area (Å²) in [6.07, 6.45) is 2.64. The molecular formula is C14H20N2O2. The zero-order valence-corrected chi connectivity index (χ0v) is 10.9. The first kappa shape index (κ1) is 12.9. The SMILES string of the molecule is CCn1cc([C@H](N)CCO)c2cc(OC)ccc21. The van der Waals surface area contributed by atoms with Crippen molar-refractivity contribution in [3.8, 4) is 5.75 Å². The van der Waals surface area contributed by atoms with Gasteiger partial charge < -0.3 is 20.1 Å². The van der Waals surface area contributed by atoms with Gasteiger partial charge in [0.2, 0.25) is 0 Å². The Labute approximate surface area is 107 Å². The number of hydrogen-bond donors (Lipinski definition) is 2. The summed E-state index contributed by atoms with van der Waals surface area (Å²) in [7, 11) is 1.66. The first-order valence-electron chi connectivity index (χ1n) is 6.24. The maximum absolute atomic E-state index is 9.02. The van der Waals surface area contributed by atoms with Crippen molar-refractivity contribution in [2.45, 2.75) is 25.9 Å². The number of benzene rings is 1. The molecule has 0 aliphatic carbocycles. The van der Waals surface area contributed by atoms with Crippen LogP contribution in [0.5, 0.6) is 5.75 Å². The second kappa shape index (κ2) is 5.42. The molecule has 3 N–H and O–H groups in total. The molecule has 4 heteroatoms. The van der Waals surface area contributed by atoms with Gasteiger partial charge in [-0.1, -0.05) is 0 Å². The number of aryl methyl sites for hydroxylation is 1. The van der Waals surface area contributed by atoms with Crippen LogP contribution < -0.4 is 10.5 Å². The van der Waals surface area contributed by atoms with Gasteiger partial charge in [0.05, 0.1) is 7.11 Å². The number of rotatable bonds is 5. The molecule has 2 rings (SSSR count). The molecule has 0 unspecified atom stereocenters. The van der Waals surface area contributed by atoms with Crippen LogP contribution in [-0.4, -0.2) is 23.4 Å². The molecule has 0 spiro atoms. The summed E-state index contributed by atoms with van der Waals surface area (Å²) in [5.74, 6) is 0.828. The van der Waals surface area contributed by atoms with Crippen LogP contribution in [0, 0.1) is 0 Å². The van der Waals surface area contributed by atoms with E-state index in [1.807, 2.05) is 18.2 Å². The number of aliphatic hydroxyl groups is 1. The zero-order valence-electron chi connectivity index (χ0n) is 10.9. The Hall–Kier alpha value is -1.52. The molecule has 0 radical (unpaired) electrons. The number of fused-ring (bicyclic) bond motifs is 1. The lowest BCUT2D eigenvalue weighted by atomic mass is 10.0. The van der Waals surface area contributed by atoms with Crippen molar-refractivity contribution in [1.29, 1.82) is 0 Å². The third-order valence-electron chi connectivity index (χ3n) is 3.30. The predicted molar refractivity (Wildman–Crippen MR) is 72.8 cm³/mol. The number of methoxy groups -OCH3 is 1. The van der Waals surface area contributed by atoms with Crippen LogP contribution in [0.25, 0.3) is 10.9 Å². The summed E-state index contributed by atoms with van der Waals surface area (Å²) in [6.45, 7) is 3.10. The molecule has 2 aromatic rings. The highest BCUT2D eigenvalue weighted by Gasteiger charge is 2.14. The first-order valence-corrected chi connectivity index (χ1v) is 6.24. The molecule has 98 valence electrons. The van der Waals surface area contributed by atoms with E-state index in [9.17, 15) is 0 Å². The molecule has 18 heavy (non-hydrogen) atoms. The minimum Gasteiger partial charge on any atom is -0.497 e. The van der Waals surface area contributed by atoms with Gasteiger partial charge in [-0.3, -0.25) is 0 Å². The van der Waals surface area contributed by atoms with E-state index < -0.39 is 0 Å². The third kappa shape index (κ3) is 2.21. The maximum Gasteiger partial charge on any atom is 0.119 e. The van der Waals surface area contributed by atoms with Crippen LogP contribution >= 0.6 is 0 Å². The van der Waals surface area contributed by atoms with Crippen LogP contribution in [0.15, 0.2) is 24.4 Å². The van der Waals surface area contributed by atoms with Gasteiger partial charge in [-0.05, 0) is 37.1 Å². The van der Waals surface area contributed by atoms with Gasteiger partial charge in [0.15, 0.2) is 0 Å². The lowest BCUT2D eigenvalue weighted by Crippen LogP contribution is -2.11. The summed E-state index contributed by atoms with van der Waals surface area (Å²) in [5.41, 5.74) is 8.34. The molecular weight excluding hydrogens is 228 g/mol. The Morgan fingerprint density at radius 2 is 2.22 bits per heavy atom. The number of aliphatic hydroxyl groups excluding tert-OH is 1. The largest absolute Gasteiger partial charge is 0.497 e. The summed E-state index contributed by atoms with van der Waals surface area (Å²) >= 11 is 0. The number of ether oxygens (including phenoxy) is 1. The summed E-state index contributed by atoms with van der Waals surface area (Å²) in [6, 6.07) is 5.87. The summed E-state index contributed by atoms with van der Waals surface area (Å²) in [5, 5.41) is 10.1. The Morgan fingerprint density at radius 1 is 1.44 bits per heavy atom. The molecule has 4 nitrogen and oxygen atoms in total. The summed E-state index contributed by atoms with van der Waals surface area (Å²) < 4.78 is 7.43. The van der Waals surface area contributed by atoms with Gasteiger partial charge in [0, 0.05) is 36.3 Å². The molecule has 0 saturated heterocycles. The van der Waals surface area contributed by atoms with Crippen molar-refractivity contribution in [2.24, 2.45) is 5.73 Å². The average Bonchev–Trinajstić information content (AvgIpc) is 2.76. The Balaban J connectivity index is 2.57. The van der Waals surface area contributed by atoms with E-state index in [4.69, 9.17) is 15.6 Å². The second-order valence-electron chi connectivity index (χ2n) is 4.37. The normalized spacial score (nSPS) is 12.9. The molecule has 0 fully saturated rings. The van der Waals surface area contributed by atoms with Gasteiger partial charge in [-0.15, -0.1) is 0 Å². The molecule has 1 heterocycles. The van der Waals surface area contributed by atoms with Crippen molar-refractivity contribution >= 4 is 10.9 Å². The van der Waals surface area contributed by atoms with Crippen molar-refractivity contribution in [2.75, 3.05) is 13.7 Å². The van der Waals surface area contributed by atoms with Gasteiger partial charge in [0.25, 0.3) is 0 Å². The number of nitrogens with two attached hydrogens (primary N) is 1. The topological polar surface area (TPSA) is 60.4 Å². The second-order valence-corrected chi connectivity index (χ2v) is 4.37. The Bertz CT molecular complexity index is 534. The van der Waals surface area contributed by atoms with E-state index in [1.165, 1.54) is 0 Å². The van der Waals surface area contributed by atoms with Crippen LogP contribution in [0.4, 0.5) is 0 Å². The van der Waals surface area contributed by atoms with E-state index >= 15 is 0 Å². The maximum atomic E-state index is 9.02. The molecule has 0 aliphatic rings. The summed E-state index contributed by atoms with van der Waals surface area (Å²) in [4.78, 5) is 0. The van der Waals surface area contributed by atoms with Gasteiger partial charge in [-0.25, -0.2) is 0 Å². The van der Waals surface area contributed by atoms with Crippen LogP contribution in [0.2, 0.25) is 0 Å². The Morgan fingerprint density at radius 3 is 2.83 bits per heavy atom. The fourth-order valence-electron chi connectivity index (χ4n) is 2.28. The fourth-order valence-corrected chi connectivity index (χ4v) is 2.28. The van der Waals surface area contributed by atoms with Gasteiger partial charge in [-0.2, -0.15) is 0 Å². The monoisotopic (exact) mass is 248 g/mol. The molecule has 0 saturated carbocycles.